The molecule has 0 spiro atoms. The SMILES string of the molecule is O=C(/C=C/c1ccccc1OC(F)F)Nc1nc2c(s1)CCCC2. The number of ether oxygens (including phenoxy) is 1. The molecule has 1 aliphatic carbocycles. The Kier molecular flexibility index (Phi) is 5.20. The molecule has 24 heavy (non-hydrogen) atoms. The highest BCUT2D eigenvalue weighted by atomic mass is 32.1. The summed E-state index contributed by atoms with van der Waals surface area (Å²) in [6.45, 7) is -2.91. The minimum atomic E-state index is -2.91. The van der Waals surface area contributed by atoms with Crippen molar-refractivity contribution in [3.8, 4) is 5.75 Å². The first-order chi connectivity index (χ1) is 11.6. The van der Waals surface area contributed by atoms with Crippen molar-refractivity contribution in [2.75, 3.05) is 5.32 Å². The van der Waals surface area contributed by atoms with Gasteiger partial charge in [-0.2, -0.15) is 8.78 Å². The van der Waals surface area contributed by atoms with Crippen molar-refractivity contribution in [2.45, 2.75) is 32.3 Å². The van der Waals surface area contributed by atoms with Crippen LogP contribution in [0.2, 0.25) is 0 Å². The normalized spacial score (nSPS) is 14.0. The number of anilines is 1. The molecule has 1 amide bonds. The van der Waals surface area contributed by atoms with Crippen LogP contribution in [0.5, 0.6) is 5.75 Å². The van der Waals surface area contributed by atoms with E-state index in [1.54, 1.807) is 18.2 Å². The van der Waals surface area contributed by atoms with Crippen LogP contribution in [0.4, 0.5) is 13.9 Å². The molecule has 2 aromatic rings. The lowest BCUT2D eigenvalue weighted by Crippen LogP contribution is -2.08. The van der Waals surface area contributed by atoms with E-state index in [1.165, 1.54) is 34.4 Å². The van der Waals surface area contributed by atoms with E-state index in [0.717, 1.165) is 31.4 Å². The van der Waals surface area contributed by atoms with Gasteiger partial charge in [-0.05, 0) is 37.8 Å². The predicted molar refractivity (Wildman–Crippen MR) is 89.5 cm³/mol. The molecule has 4 nitrogen and oxygen atoms in total. The van der Waals surface area contributed by atoms with E-state index >= 15 is 0 Å². The van der Waals surface area contributed by atoms with Gasteiger partial charge < -0.3 is 4.74 Å². The summed E-state index contributed by atoms with van der Waals surface area (Å²) in [5.74, 6) is -0.325. The van der Waals surface area contributed by atoms with Crippen LogP contribution in [0, 0.1) is 0 Å². The van der Waals surface area contributed by atoms with Crippen LogP contribution in [0.15, 0.2) is 30.3 Å². The molecule has 0 saturated heterocycles. The predicted octanol–water partition coefficient (Wildman–Crippen LogP) is 4.28. The van der Waals surface area contributed by atoms with Gasteiger partial charge in [0.2, 0.25) is 5.91 Å². The molecule has 1 aromatic carbocycles. The minimum Gasteiger partial charge on any atom is -0.434 e. The third-order valence-corrected chi connectivity index (χ3v) is 4.70. The number of aromatic nitrogens is 1. The minimum absolute atomic E-state index is 0.0289. The summed E-state index contributed by atoms with van der Waals surface area (Å²) in [6, 6.07) is 6.31. The second-order valence-electron chi connectivity index (χ2n) is 5.33. The van der Waals surface area contributed by atoms with E-state index < -0.39 is 6.61 Å². The lowest BCUT2D eigenvalue weighted by atomic mass is 10.0. The molecule has 0 aliphatic heterocycles. The maximum absolute atomic E-state index is 12.4. The van der Waals surface area contributed by atoms with Crippen LogP contribution in [0.3, 0.4) is 0 Å². The Balaban J connectivity index is 1.66. The number of halogens is 2. The third-order valence-electron chi connectivity index (χ3n) is 3.63. The molecule has 1 aliphatic rings. The smallest absolute Gasteiger partial charge is 0.387 e. The molecular formula is C17H16F2N2O2S. The standard InChI is InChI=1S/C17H16F2N2O2S/c18-16(19)23-13-7-3-1-5-11(13)9-10-15(22)21-17-20-12-6-2-4-8-14(12)24-17/h1,3,5,7,9-10,16H,2,4,6,8H2,(H,20,21,22)/b10-9+. The Hall–Kier alpha value is -2.28. The average molecular weight is 350 g/mol. The van der Waals surface area contributed by atoms with Crippen molar-refractivity contribution >= 4 is 28.5 Å². The number of carbonyl (C=O) groups is 1. The Morgan fingerprint density at radius 3 is 2.88 bits per heavy atom. The maximum atomic E-state index is 12.4. The molecular weight excluding hydrogens is 334 g/mol. The molecule has 1 heterocycles. The summed E-state index contributed by atoms with van der Waals surface area (Å²) in [5, 5.41) is 3.30. The van der Waals surface area contributed by atoms with Gasteiger partial charge in [-0.15, -0.1) is 11.3 Å². The summed E-state index contributed by atoms with van der Waals surface area (Å²) in [6.07, 6.45) is 6.98. The number of hydrogen-bond acceptors (Lipinski definition) is 4. The van der Waals surface area contributed by atoms with Crippen LogP contribution in [-0.4, -0.2) is 17.5 Å². The quantitative estimate of drug-likeness (QED) is 0.819. The van der Waals surface area contributed by atoms with Gasteiger partial charge in [-0.1, -0.05) is 18.2 Å². The van der Waals surface area contributed by atoms with Crippen molar-refractivity contribution < 1.29 is 18.3 Å². The van der Waals surface area contributed by atoms with Crippen LogP contribution in [-0.2, 0) is 17.6 Å². The van der Waals surface area contributed by atoms with Gasteiger partial charge in [-0.25, -0.2) is 4.98 Å². The number of fused-ring (bicyclic) bond motifs is 1. The van der Waals surface area contributed by atoms with Gasteiger partial charge in [0.15, 0.2) is 5.13 Å². The zero-order valence-electron chi connectivity index (χ0n) is 12.8. The first-order valence-corrected chi connectivity index (χ1v) is 8.45. The molecule has 0 saturated carbocycles. The van der Waals surface area contributed by atoms with Gasteiger partial charge in [0.1, 0.15) is 5.75 Å². The third kappa shape index (κ3) is 4.17. The molecule has 0 unspecified atom stereocenters. The van der Waals surface area contributed by atoms with Gasteiger partial charge in [0, 0.05) is 16.5 Å². The Labute approximate surface area is 142 Å². The molecule has 1 N–H and O–H groups in total. The number of nitrogens with one attached hydrogen (secondary N) is 1. The number of rotatable bonds is 5. The van der Waals surface area contributed by atoms with Gasteiger partial charge in [-0.3, -0.25) is 10.1 Å². The average Bonchev–Trinajstić information content (AvgIpc) is 2.95. The molecule has 1 aromatic heterocycles. The summed E-state index contributed by atoms with van der Waals surface area (Å²) >= 11 is 1.50. The van der Waals surface area contributed by atoms with E-state index in [4.69, 9.17) is 0 Å². The van der Waals surface area contributed by atoms with E-state index in [9.17, 15) is 13.6 Å². The van der Waals surface area contributed by atoms with Gasteiger partial charge >= 0.3 is 6.61 Å². The zero-order valence-corrected chi connectivity index (χ0v) is 13.6. The first-order valence-electron chi connectivity index (χ1n) is 7.63. The lowest BCUT2D eigenvalue weighted by Gasteiger charge is -2.07. The number of benzene rings is 1. The number of amides is 1. The molecule has 126 valence electrons. The van der Waals surface area contributed by atoms with Gasteiger partial charge in [0.25, 0.3) is 0 Å². The highest BCUT2D eigenvalue weighted by molar-refractivity contribution is 7.15. The first kappa shape index (κ1) is 16.6. The van der Waals surface area contributed by atoms with Crippen LogP contribution >= 0.6 is 11.3 Å². The zero-order chi connectivity index (χ0) is 16.9. The van der Waals surface area contributed by atoms with Crippen molar-refractivity contribution in [2.24, 2.45) is 0 Å². The Morgan fingerprint density at radius 2 is 2.08 bits per heavy atom. The van der Waals surface area contributed by atoms with Crippen molar-refractivity contribution in [3.05, 3.63) is 46.5 Å². The fraction of sp³-hybridized carbons (Fsp3) is 0.294. The lowest BCUT2D eigenvalue weighted by molar-refractivity contribution is -0.111. The van der Waals surface area contributed by atoms with Crippen molar-refractivity contribution in [1.29, 1.82) is 0 Å². The fourth-order valence-corrected chi connectivity index (χ4v) is 3.59. The van der Waals surface area contributed by atoms with E-state index in [1.807, 2.05) is 0 Å². The highest BCUT2D eigenvalue weighted by Crippen LogP contribution is 2.29. The molecule has 7 heteroatoms. The number of thiazole rings is 1. The van der Waals surface area contributed by atoms with Crippen molar-refractivity contribution in [3.63, 3.8) is 0 Å². The summed E-state index contributed by atoms with van der Waals surface area (Å²) in [5.41, 5.74) is 1.48. The summed E-state index contributed by atoms with van der Waals surface area (Å²) in [7, 11) is 0. The number of aryl methyl sites for hydroxylation is 2. The number of alkyl halides is 2. The maximum Gasteiger partial charge on any atom is 0.387 e. The molecule has 3 rings (SSSR count). The van der Waals surface area contributed by atoms with Crippen LogP contribution < -0.4 is 10.1 Å². The second-order valence-corrected chi connectivity index (χ2v) is 6.42. The summed E-state index contributed by atoms with van der Waals surface area (Å²) in [4.78, 5) is 17.7. The number of hydrogen-bond donors (Lipinski definition) is 1. The molecule has 0 radical (unpaired) electrons. The fourth-order valence-electron chi connectivity index (χ4n) is 2.54. The van der Waals surface area contributed by atoms with E-state index in [0.29, 0.717) is 10.7 Å². The highest BCUT2D eigenvalue weighted by Gasteiger charge is 2.15. The van der Waals surface area contributed by atoms with E-state index in [2.05, 4.69) is 15.0 Å². The second kappa shape index (κ2) is 7.53. The number of carbonyl (C=O) groups excluding carboxylic acids is 1. The molecule has 0 atom stereocenters. The Bertz CT molecular complexity index is 735. The topological polar surface area (TPSA) is 51.2 Å². The van der Waals surface area contributed by atoms with Crippen molar-refractivity contribution in [1.82, 2.24) is 4.98 Å². The molecule has 0 bridgehead atoms. The van der Waals surface area contributed by atoms with Crippen LogP contribution in [0.25, 0.3) is 6.08 Å². The monoisotopic (exact) mass is 350 g/mol. The Morgan fingerprint density at radius 1 is 1.29 bits per heavy atom. The van der Waals surface area contributed by atoms with Crippen LogP contribution in [0.1, 0.15) is 29.0 Å². The number of para-hydroxylation sites is 1. The van der Waals surface area contributed by atoms with Gasteiger partial charge in [0.05, 0.1) is 5.69 Å². The number of nitrogens with zero attached hydrogens (tertiary/aromatic N) is 1. The summed E-state index contributed by atoms with van der Waals surface area (Å²) < 4.78 is 29.2. The molecule has 0 fully saturated rings. The van der Waals surface area contributed by atoms with E-state index in [-0.39, 0.29) is 11.7 Å². The largest absolute Gasteiger partial charge is 0.434 e.